The number of nitrogens with zero attached hydrogens (tertiary/aromatic N) is 1. The average molecular weight is 377 g/mol. The molecule has 0 bridgehead atoms. The second-order valence-electron chi connectivity index (χ2n) is 6.03. The van der Waals surface area contributed by atoms with Gasteiger partial charge in [-0.3, -0.25) is 9.52 Å². The standard InChI is InChI=1S/C18H20N2O3S2/c1-25(22,23)19-15-9-6-14(7-10-15)8-11-18(21)20-12-2-4-16(20)17-5-3-13-24-17/h3,5-11,13,16,19H,2,4,12H2,1H3/b11-8+. The Hall–Kier alpha value is -2.12. The predicted molar refractivity (Wildman–Crippen MR) is 102 cm³/mol. The van der Waals surface area contributed by atoms with Crippen LogP contribution in [0, 0.1) is 0 Å². The fourth-order valence-corrected chi connectivity index (χ4v) is 4.38. The fourth-order valence-electron chi connectivity index (χ4n) is 2.95. The normalized spacial score (nSPS) is 18.0. The molecule has 3 rings (SSSR count). The van der Waals surface area contributed by atoms with E-state index in [9.17, 15) is 13.2 Å². The van der Waals surface area contributed by atoms with Crippen molar-refractivity contribution in [2.45, 2.75) is 18.9 Å². The van der Waals surface area contributed by atoms with Crippen molar-refractivity contribution in [3.8, 4) is 0 Å². The maximum Gasteiger partial charge on any atom is 0.247 e. The number of carbonyl (C=O) groups is 1. The van der Waals surface area contributed by atoms with Crippen LogP contribution in [0.25, 0.3) is 6.08 Å². The molecule has 1 saturated heterocycles. The lowest BCUT2D eigenvalue weighted by Crippen LogP contribution is -2.28. The van der Waals surface area contributed by atoms with Gasteiger partial charge in [-0.05, 0) is 48.1 Å². The van der Waals surface area contributed by atoms with Crippen LogP contribution in [0.15, 0.2) is 47.9 Å². The summed E-state index contributed by atoms with van der Waals surface area (Å²) in [5.74, 6) is 0.00855. The van der Waals surface area contributed by atoms with Crippen molar-refractivity contribution < 1.29 is 13.2 Å². The smallest absolute Gasteiger partial charge is 0.247 e. The van der Waals surface area contributed by atoms with Crippen molar-refractivity contribution in [1.29, 1.82) is 0 Å². The summed E-state index contributed by atoms with van der Waals surface area (Å²) in [5, 5.41) is 2.04. The molecular weight excluding hydrogens is 356 g/mol. The van der Waals surface area contributed by atoms with Crippen molar-refractivity contribution in [2.75, 3.05) is 17.5 Å². The molecule has 132 valence electrons. The third kappa shape index (κ3) is 4.70. The number of hydrogen-bond acceptors (Lipinski definition) is 4. The molecule has 7 heteroatoms. The Morgan fingerprint density at radius 1 is 1.28 bits per heavy atom. The van der Waals surface area contributed by atoms with E-state index in [0.29, 0.717) is 5.69 Å². The molecule has 25 heavy (non-hydrogen) atoms. The first-order valence-electron chi connectivity index (χ1n) is 8.02. The number of carbonyl (C=O) groups excluding carboxylic acids is 1. The van der Waals surface area contributed by atoms with E-state index in [-0.39, 0.29) is 11.9 Å². The largest absolute Gasteiger partial charge is 0.331 e. The second-order valence-corrected chi connectivity index (χ2v) is 8.76. The number of thiophene rings is 1. The van der Waals surface area contributed by atoms with Crippen molar-refractivity contribution in [1.82, 2.24) is 4.90 Å². The second kappa shape index (κ2) is 7.41. The van der Waals surface area contributed by atoms with Crippen LogP contribution in [0.2, 0.25) is 0 Å². The Kier molecular flexibility index (Phi) is 5.24. The van der Waals surface area contributed by atoms with Crippen LogP contribution in [-0.2, 0) is 14.8 Å². The van der Waals surface area contributed by atoms with Gasteiger partial charge in [-0.1, -0.05) is 18.2 Å². The topological polar surface area (TPSA) is 66.5 Å². The molecule has 1 atom stereocenters. The molecule has 2 heterocycles. The van der Waals surface area contributed by atoms with Gasteiger partial charge in [0.05, 0.1) is 12.3 Å². The molecule has 5 nitrogen and oxygen atoms in total. The number of likely N-dealkylation sites (tertiary alicyclic amines) is 1. The first kappa shape index (κ1) is 17.7. The fraction of sp³-hybridized carbons (Fsp3) is 0.278. The summed E-state index contributed by atoms with van der Waals surface area (Å²) in [6.45, 7) is 0.781. The van der Waals surface area contributed by atoms with Crippen LogP contribution in [0.3, 0.4) is 0 Å². The van der Waals surface area contributed by atoms with E-state index in [4.69, 9.17) is 0 Å². The first-order valence-corrected chi connectivity index (χ1v) is 10.8. The van der Waals surface area contributed by atoms with E-state index in [0.717, 1.165) is 31.2 Å². The van der Waals surface area contributed by atoms with Gasteiger partial charge in [-0.25, -0.2) is 8.42 Å². The van der Waals surface area contributed by atoms with Crippen LogP contribution >= 0.6 is 11.3 Å². The molecular formula is C18H20N2O3S2. The molecule has 0 saturated carbocycles. The SMILES string of the molecule is CS(=O)(=O)Nc1ccc(/C=C/C(=O)N2CCCC2c2cccs2)cc1. The van der Waals surface area contributed by atoms with Gasteiger partial charge in [0.2, 0.25) is 15.9 Å². The Morgan fingerprint density at radius 3 is 2.68 bits per heavy atom. The van der Waals surface area contributed by atoms with Gasteiger partial charge in [-0.15, -0.1) is 11.3 Å². The molecule has 1 fully saturated rings. The van der Waals surface area contributed by atoms with Gasteiger partial charge in [0.1, 0.15) is 0 Å². The number of sulfonamides is 1. The zero-order chi connectivity index (χ0) is 17.9. The summed E-state index contributed by atoms with van der Waals surface area (Å²) in [4.78, 5) is 15.7. The summed E-state index contributed by atoms with van der Waals surface area (Å²) in [5.41, 5.74) is 1.35. The molecule has 1 amide bonds. The van der Waals surface area contributed by atoms with Crippen molar-refractivity contribution in [2.24, 2.45) is 0 Å². The summed E-state index contributed by atoms with van der Waals surface area (Å²) in [6.07, 6.45) is 6.49. The molecule has 1 aliphatic heterocycles. The van der Waals surface area contributed by atoms with E-state index in [2.05, 4.69) is 10.8 Å². The molecule has 0 radical (unpaired) electrons. The average Bonchev–Trinajstić information content (AvgIpc) is 3.23. The zero-order valence-corrected chi connectivity index (χ0v) is 15.5. The molecule has 2 aromatic rings. The van der Waals surface area contributed by atoms with Gasteiger partial charge in [0, 0.05) is 23.2 Å². The zero-order valence-electron chi connectivity index (χ0n) is 13.9. The summed E-state index contributed by atoms with van der Waals surface area (Å²) >= 11 is 1.69. The molecule has 0 spiro atoms. The molecule has 0 aliphatic carbocycles. The van der Waals surface area contributed by atoms with Crippen molar-refractivity contribution in [3.63, 3.8) is 0 Å². The summed E-state index contributed by atoms with van der Waals surface area (Å²) < 4.78 is 24.8. The molecule has 1 unspecified atom stereocenters. The molecule has 1 N–H and O–H groups in total. The first-order chi connectivity index (χ1) is 11.9. The minimum Gasteiger partial charge on any atom is -0.331 e. The third-order valence-electron chi connectivity index (χ3n) is 4.04. The molecule has 1 aromatic heterocycles. The molecule has 1 aromatic carbocycles. The Morgan fingerprint density at radius 2 is 2.04 bits per heavy atom. The van der Waals surface area contributed by atoms with E-state index in [1.807, 2.05) is 16.3 Å². The highest BCUT2D eigenvalue weighted by molar-refractivity contribution is 7.92. The van der Waals surface area contributed by atoms with E-state index >= 15 is 0 Å². The van der Waals surface area contributed by atoms with Gasteiger partial charge in [-0.2, -0.15) is 0 Å². The third-order valence-corrected chi connectivity index (χ3v) is 5.62. The van der Waals surface area contributed by atoms with E-state index in [1.165, 1.54) is 4.88 Å². The Balaban J connectivity index is 1.66. The Bertz CT molecular complexity index is 856. The Labute approximate surface area is 152 Å². The summed E-state index contributed by atoms with van der Waals surface area (Å²) in [7, 11) is -3.28. The number of rotatable bonds is 5. The molecule has 1 aliphatic rings. The number of hydrogen-bond donors (Lipinski definition) is 1. The number of anilines is 1. The van der Waals surface area contributed by atoms with Gasteiger partial charge in [0.25, 0.3) is 0 Å². The number of nitrogens with one attached hydrogen (secondary N) is 1. The minimum absolute atomic E-state index is 0.00855. The van der Waals surface area contributed by atoms with E-state index < -0.39 is 10.0 Å². The number of amides is 1. The highest BCUT2D eigenvalue weighted by Crippen LogP contribution is 2.34. The van der Waals surface area contributed by atoms with Crippen LogP contribution in [0.1, 0.15) is 29.3 Å². The maximum atomic E-state index is 12.5. The van der Waals surface area contributed by atoms with Crippen LogP contribution in [0.5, 0.6) is 0 Å². The highest BCUT2D eigenvalue weighted by atomic mass is 32.2. The monoisotopic (exact) mass is 376 g/mol. The van der Waals surface area contributed by atoms with Gasteiger partial charge >= 0.3 is 0 Å². The maximum absolute atomic E-state index is 12.5. The lowest BCUT2D eigenvalue weighted by molar-refractivity contribution is -0.126. The number of benzene rings is 1. The van der Waals surface area contributed by atoms with E-state index in [1.54, 1.807) is 47.8 Å². The predicted octanol–water partition coefficient (Wildman–Crippen LogP) is 3.50. The van der Waals surface area contributed by atoms with Gasteiger partial charge in [0.15, 0.2) is 0 Å². The van der Waals surface area contributed by atoms with Crippen LogP contribution in [-0.4, -0.2) is 32.0 Å². The van der Waals surface area contributed by atoms with Crippen LogP contribution in [0.4, 0.5) is 5.69 Å². The quantitative estimate of drug-likeness (QED) is 0.812. The lowest BCUT2D eigenvalue weighted by atomic mass is 10.1. The van der Waals surface area contributed by atoms with Crippen molar-refractivity contribution in [3.05, 3.63) is 58.3 Å². The van der Waals surface area contributed by atoms with Crippen molar-refractivity contribution >= 4 is 39.0 Å². The minimum atomic E-state index is -3.28. The highest BCUT2D eigenvalue weighted by Gasteiger charge is 2.29. The summed E-state index contributed by atoms with van der Waals surface area (Å²) in [6, 6.07) is 11.2. The van der Waals surface area contributed by atoms with Gasteiger partial charge < -0.3 is 4.90 Å². The lowest BCUT2D eigenvalue weighted by Gasteiger charge is -2.22. The van der Waals surface area contributed by atoms with Crippen LogP contribution < -0.4 is 4.72 Å².